The van der Waals surface area contributed by atoms with Crippen LogP contribution in [-0.2, 0) is 24.0 Å². The van der Waals surface area contributed by atoms with Gasteiger partial charge in [-0.1, -0.05) is 260 Å². The van der Waals surface area contributed by atoms with Crippen LogP contribution in [0.4, 0.5) is 0 Å². The predicted octanol–water partition coefficient (Wildman–Crippen LogP) is 18.8. The van der Waals surface area contributed by atoms with Gasteiger partial charge in [0.05, 0.1) is 35.0 Å². The Kier molecular flexibility index (Phi) is 77.9. The van der Waals surface area contributed by atoms with Crippen LogP contribution in [0.15, 0.2) is 55.8 Å². The van der Waals surface area contributed by atoms with E-state index in [1.807, 2.05) is 185 Å². The molecule has 0 spiro atoms. The number of Topliss-reactive ketones (excluding diaryl/α,β-unsaturated/α-hetero) is 1. The molecule has 0 aliphatic carbocycles. The van der Waals surface area contributed by atoms with Crippen molar-refractivity contribution in [3.8, 4) is 0 Å². The van der Waals surface area contributed by atoms with Gasteiger partial charge in [0, 0.05) is 125 Å². The molecule has 1 aliphatic heterocycles. The number of amides is 4. The summed E-state index contributed by atoms with van der Waals surface area (Å²) < 4.78 is 0. The minimum Gasteiger partial charge on any atom is -0.512 e. The van der Waals surface area contributed by atoms with Crippen molar-refractivity contribution in [3.63, 3.8) is 0 Å². The van der Waals surface area contributed by atoms with Crippen LogP contribution in [0.1, 0.15) is 393 Å². The average molecular weight is 1700 g/mol. The number of hydrogen-bond donors (Lipinski definition) is 12. The number of carbonyl (C=O) groups is 5. The number of allylic oxidation sites excluding steroid dienone is 2. The fraction of sp³-hybridized carbons (Fsp3) is 0.773. The number of tetrazole rings is 2. The van der Waals surface area contributed by atoms with Crippen molar-refractivity contribution in [2.45, 2.75) is 377 Å². The van der Waals surface area contributed by atoms with Crippen LogP contribution in [0.5, 0.6) is 0 Å². The average Bonchev–Trinajstić information content (AvgIpc) is 1.76. The van der Waals surface area contributed by atoms with Crippen molar-refractivity contribution in [1.29, 1.82) is 0 Å². The minimum atomic E-state index is -0.241. The Hall–Kier alpha value is -9.00. The summed E-state index contributed by atoms with van der Waals surface area (Å²) in [6.45, 7) is 89.2. The summed E-state index contributed by atoms with van der Waals surface area (Å²) in [6.07, 6.45) is 8.22. The number of H-pyrrole nitrogens is 5. The Bertz CT molecular complexity index is 3080. The normalized spacial score (nSPS) is 11.7. The van der Waals surface area contributed by atoms with E-state index in [0.717, 1.165) is 52.8 Å². The molecular weight excluding hydrogens is 1520 g/mol. The highest BCUT2D eigenvalue weighted by Gasteiger charge is 2.13. The van der Waals surface area contributed by atoms with E-state index in [-0.39, 0.29) is 71.2 Å². The van der Waals surface area contributed by atoms with Gasteiger partial charge < -0.3 is 48.6 Å². The Morgan fingerprint density at radius 2 is 0.775 bits per heavy atom. The largest absolute Gasteiger partial charge is 0.512 e. The highest BCUT2D eigenvalue weighted by atomic mass is 16.3. The van der Waals surface area contributed by atoms with Gasteiger partial charge in [0.1, 0.15) is 24.0 Å². The smallest absolute Gasteiger partial charge is 0.222 e. The maximum absolute atomic E-state index is 11.0. The molecule has 120 heavy (non-hydrogen) atoms. The summed E-state index contributed by atoms with van der Waals surface area (Å²) in [7, 11) is 0. The molecule has 6 rings (SSSR count). The zero-order valence-electron chi connectivity index (χ0n) is 83.4. The topological polar surface area (TPSA) is 503 Å². The first kappa shape index (κ1) is 127. The lowest BCUT2D eigenvalue weighted by atomic mass is 9.99. The number of aromatic amines is 5. The number of nitrogens with two attached hydrogens (primary N) is 4. The van der Waals surface area contributed by atoms with Gasteiger partial charge in [-0.05, 0) is 102 Å². The molecule has 0 bridgehead atoms. The third-order valence-electron chi connectivity index (χ3n) is 14.9. The molecule has 5 aromatic heterocycles. The van der Waals surface area contributed by atoms with E-state index in [1.54, 1.807) is 33.9 Å². The molecule has 5 aromatic rings. The highest BCUT2D eigenvalue weighted by Crippen LogP contribution is 2.18. The number of amidine groups is 2. The number of ketones is 1. The Morgan fingerprint density at radius 1 is 0.425 bits per heavy atom. The Morgan fingerprint density at radius 3 is 0.883 bits per heavy atom. The van der Waals surface area contributed by atoms with E-state index in [4.69, 9.17) is 28.0 Å². The molecule has 0 fully saturated rings. The lowest BCUT2D eigenvalue weighted by Gasteiger charge is -2.09. The second-order valence-electron chi connectivity index (χ2n) is 35.7. The monoisotopic (exact) mass is 1700 g/mol. The SMILES string of the molecule is CC(C)/C=C(\O)C(C)C.CC(C)C(N)=O.CC(C)C(N)=O.CC(C)C1=NN=NC1.CC(C)CC(=O)C(C)C.CC(C)N=C(N)C(C)C.CC(C)N=C(N)C(C)C.CC(C)NC(=O)C(C)C.CC(C)NC(=O)C(C)C.CC(C)c1cn[nH]n1.CC(C)c1cnc(C(C)C)[nH]1.CC(C)c1cnc(C(C)C)[nH]1.CC(C)c1nn[nH]n1.CC(C)c1nn[nH]n1. The Labute approximate surface area is 727 Å². The standard InChI is InChI=1S/2C9H16N2.2C8H16O.2C7H16N2.2C7H15NO.2C5H9N3.2C4H8N4.2C4H9NO/c2*1-6(2)8-5-10-9(11-8)7(3)4;2*1-6(2)5-8(9)7(3)4;2*1-5(2)7(8)9-6(3)4;2*1-5(2)7(9)8-6(3)4;2*1-4(2)5-3-6-8-7-5;2*1-3(2)4-5-7-8-6-4;2*1-3(2)4(5)6/h2*5-7H,1-4H3,(H,10,11);6-7H,5H2,1-4H3;5-7,9H,1-4H3;2*5-6H,1-4H3,(H2,8,9);2*5-6H,1-4H3,(H,8,9);4H,3H2,1-2H3;3-4H,1-2H3,(H,6,7,8);2*3H,1-2H3,(H,5,6,7,8);2*3H,1-2H3,(H2,5,6)/b;;;8-5-;;;;;;;;;;. The van der Waals surface area contributed by atoms with E-state index in [1.165, 1.54) is 11.4 Å². The van der Waals surface area contributed by atoms with E-state index in [2.05, 4.69) is 223 Å². The third-order valence-corrected chi connectivity index (χ3v) is 14.9. The van der Waals surface area contributed by atoms with Gasteiger partial charge in [0.25, 0.3) is 0 Å². The maximum Gasteiger partial charge on any atom is 0.222 e. The van der Waals surface area contributed by atoms with Crippen molar-refractivity contribution < 1.29 is 29.1 Å². The molecule has 0 unspecified atom stereocenters. The summed E-state index contributed by atoms with van der Waals surface area (Å²) in [5.74, 6) is 12.1. The molecule has 0 atom stereocenters. The molecule has 696 valence electrons. The third kappa shape index (κ3) is 81.4. The van der Waals surface area contributed by atoms with E-state index in [9.17, 15) is 24.0 Å². The lowest BCUT2D eigenvalue weighted by molar-refractivity contribution is -0.125. The molecule has 32 heteroatoms. The van der Waals surface area contributed by atoms with Crippen molar-refractivity contribution >= 4 is 46.8 Å². The molecule has 16 N–H and O–H groups in total. The molecule has 32 nitrogen and oxygen atoms in total. The first-order valence-electron chi connectivity index (χ1n) is 43.1. The number of rotatable bonds is 23. The molecule has 4 amide bonds. The van der Waals surface area contributed by atoms with E-state index < -0.39 is 0 Å². The number of nitrogens with zero attached hydrogens (tertiary/aromatic N) is 15. The van der Waals surface area contributed by atoms with E-state index in [0.29, 0.717) is 101 Å². The van der Waals surface area contributed by atoms with Gasteiger partial charge in [0.2, 0.25) is 23.6 Å². The highest BCUT2D eigenvalue weighted by molar-refractivity contribution is 5.88. The van der Waals surface area contributed by atoms with Crippen LogP contribution in [0.2, 0.25) is 0 Å². The van der Waals surface area contributed by atoms with Crippen LogP contribution >= 0.6 is 0 Å². The molecule has 0 saturated carbocycles. The first-order valence-corrected chi connectivity index (χ1v) is 43.1. The van der Waals surface area contributed by atoms with Crippen LogP contribution in [0, 0.1) is 65.1 Å². The fourth-order valence-corrected chi connectivity index (χ4v) is 6.69. The maximum atomic E-state index is 11.0. The quantitative estimate of drug-likeness (QED) is 0.0164. The van der Waals surface area contributed by atoms with Crippen LogP contribution < -0.4 is 33.6 Å². The van der Waals surface area contributed by atoms with Crippen LogP contribution in [0.25, 0.3) is 0 Å². The number of imidazole rings is 2. The number of hydrogen-bond acceptors (Lipinski definition) is 21. The van der Waals surface area contributed by atoms with Crippen molar-refractivity contribution in [2.24, 2.45) is 113 Å². The number of aliphatic hydroxyl groups excluding tert-OH is 1. The zero-order valence-corrected chi connectivity index (χ0v) is 83.4. The molecule has 0 radical (unpaired) electrons. The summed E-state index contributed by atoms with van der Waals surface area (Å²) in [4.78, 5) is 76.0. The number of nitrogens with one attached hydrogen (secondary N) is 7. The predicted molar refractivity (Wildman–Crippen MR) is 500 cm³/mol. The van der Waals surface area contributed by atoms with Crippen molar-refractivity contribution in [1.82, 2.24) is 87.2 Å². The number of aliphatic hydroxyl groups is 1. The lowest BCUT2D eigenvalue weighted by Crippen LogP contribution is -2.33. The molecule has 6 heterocycles. The van der Waals surface area contributed by atoms with Crippen molar-refractivity contribution in [3.05, 3.63) is 70.8 Å². The summed E-state index contributed by atoms with van der Waals surface area (Å²) in [5, 5.41) is 62.5. The van der Waals surface area contributed by atoms with Gasteiger partial charge in [-0.25, -0.2) is 9.97 Å². The first-order chi connectivity index (χ1) is 54.9. The molecule has 1 aliphatic rings. The number of carbonyl (C=O) groups excluding carboxylic acids is 5. The summed E-state index contributed by atoms with van der Waals surface area (Å²) >= 11 is 0. The minimum absolute atomic E-state index is 0.00926. The van der Waals surface area contributed by atoms with Gasteiger partial charge in [-0.3, -0.25) is 34.0 Å². The summed E-state index contributed by atoms with van der Waals surface area (Å²) in [5.41, 5.74) is 25.3. The van der Waals surface area contributed by atoms with Gasteiger partial charge in [-0.15, -0.1) is 25.5 Å². The number of aromatic nitrogens is 15. The molecular formula is C88H178N26O6. The van der Waals surface area contributed by atoms with Gasteiger partial charge in [-0.2, -0.15) is 31.0 Å². The van der Waals surface area contributed by atoms with Crippen LogP contribution in [-0.4, -0.2) is 159 Å². The molecule has 0 aromatic carbocycles. The Balaban J connectivity index is -0.000000188. The second kappa shape index (κ2) is 73.9. The second-order valence-corrected chi connectivity index (χ2v) is 35.7. The number of primary amides is 2. The van der Waals surface area contributed by atoms with Crippen molar-refractivity contribution in [2.75, 3.05) is 6.54 Å². The molecule has 0 saturated heterocycles. The zero-order chi connectivity index (χ0) is 95.7. The van der Waals surface area contributed by atoms with E-state index >= 15 is 0 Å². The van der Waals surface area contributed by atoms with Gasteiger partial charge >= 0.3 is 0 Å². The summed E-state index contributed by atoms with van der Waals surface area (Å²) in [6, 6.07) is 1.18. The fourth-order valence-electron chi connectivity index (χ4n) is 6.69. The van der Waals surface area contributed by atoms with Gasteiger partial charge in [0.15, 0.2) is 11.6 Å². The van der Waals surface area contributed by atoms with Crippen LogP contribution in [0.3, 0.4) is 0 Å². The number of aliphatic imine (C=N–C) groups is 2.